The third-order valence-corrected chi connectivity index (χ3v) is 4.72. The lowest BCUT2D eigenvalue weighted by Crippen LogP contribution is -2.35. The van der Waals surface area contributed by atoms with E-state index in [1.54, 1.807) is 0 Å². The summed E-state index contributed by atoms with van der Waals surface area (Å²) in [5, 5.41) is 5.33. The molecule has 3 atom stereocenters. The van der Waals surface area contributed by atoms with Crippen molar-refractivity contribution < 1.29 is 37.7 Å². The number of rotatable bonds is 23. The van der Waals surface area contributed by atoms with Gasteiger partial charge in [0, 0.05) is 12.5 Å². The molecule has 196 valence electrons. The number of amides is 2. The lowest BCUT2D eigenvalue weighted by molar-refractivity contribution is -0.127. The van der Waals surface area contributed by atoms with Gasteiger partial charge in [-0.2, -0.15) is 0 Å². The van der Waals surface area contributed by atoms with Crippen molar-refractivity contribution >= 4 is 11.8 Å². The van der Waals surface area contributed by atoms with Gasteiger partial charge in [0.15, 0.2) is 0 Å². The second-order valence-electron chi connectivity index (χ2n) is 7.82. The van der Waals surface area contributed by atoms with E-state index in [-0.39, 0.29) is 50.2 Å². The first-order valence-electron chi connectivity index (χ1n) is 12.0. The third kappa shape index (κ3) is 21.0. The summed E-state index contributed by atoms with van der Waals surface area (Å²) in [4.78, 5) is 23.2. The minimum absolute atomic E-state index is 0.0390. The lowest BCUT2D eigenvalue weighted by atomic mass is 10.1. The number of halogens is 1. The van der Waals surface area contributed by atoms with Crippen LogP contribution in [-0.4, -0.2) is 96.6 Å². The van der Waals surface area contributed by atoms with Gasteiger partial charge in [0.05, 0.1) is 65.5 Å². The van der Waals surface area contributed by atoms with Gasteiger partial charge in [0.25, 0.3) is 0 Å². The van der Waals surface area contributed by atoms with Crippen molar-refractivity contribution in [3.05, 3.63) is 0 Å². The van der Waals surface area contributed by atoms with Gasteiger partial charge in [-0.15, -0.1) is 0 Å². The SMILES string of the molecule is CCCC(C)C(=O)NCC(F)COCCOCCOCCOCCNC(=O)COC(C)CC. The number of carbonyl (C=O) groups excluding carboxylic acids is 2. The van der Waals surface area contributed by atoms with Gasteiger partial charge in [-0.3, -0.25) is 9.59 Å². The van der Waals surface area contributed by atoms with Crippen LogP contribution < -0.4 is 10.6 Å². The van der Waals surface area contributed by atoms with Crippen molar-refractivity contribution in [2.45, 2.75) is 59.2 Å². The van der Waals surface area contributed by atoms with E-state index in [0.717, 1.165) is 19.3 Å². The molecular weight excluding hydrogens is 435 g/mol. The zero-order valence-electron chi connectivity index (χ0n) is 20.9. The van der Waals surface area contributed by atoms with Crippen LogP contribution >= 0.6 is 0 Å². The summed E-state index contributed by atoms with van der Waals surface area (Å²) in [5.41, 5.74) is 0. The molecule has 0 rings (SSSR count). The summed E-state index contributed by atoms with van der Waals surface area (Å²) >= 11 is 0. The van der Waals surface area contributed by atoms with Crippen LogP contribution in [0.15, 0.2) is 0 Å². The van der Waals surface area contributed by atoms with Crippen molar-refractivity contribution in [3.8, 4) is 0 Å². The van der Waals surface area contributed by atoms with Crippen LogP contribution in [0.3, 0.4) is 0 Å². The summed E-state index contributed by atoms with van der Waals surface area (Å²) in [6.07, 6.45) is 1.42. The van der Waals surface area contributed by atoms with Crippen molar-refractivity contribution in [3.63, 3.8) is 0 Å². The molecule has 3 unspecified atom stereocenters. The highest BCUT2D eigenvalue weighted by atomic mass is 19.1. The molecular formula is C23H45FN2O7. The maximum atomic E-state index is 13.7. The molecule has 0 radical (unpaired) electrons. The van der Waals surface area contributed by atoms with Crippen molar-refractivity contribution in [2.24, 2.45) is 5.92 Å². The Morgan fingerprint density at radius 2 is 1.42 bits per heavy atom. The van der Waals surface area contributed by atoms with Gasteiger partial charge in [-0.05, 0) is 19.8 Å². The van der Waals surface area contributed by atoms with Gasteiger partial charge in [-0.25, -0.2) is 4.39 Å². The van der Waals surface area contributed by atoms with Crippen LogP contribution in [0.5, 0.6) is 0 Å². The maximum absolute atomic E-state index is 13.7. The molecule has 0 fully saturated rings. The van der Waals surface area contributed by atoms with Crippen LogP contribution in [0.2, 0.25) is 0 Å². The Balaban J connectivity index is 3.34. The third-order valence-electron chi connectivity index (χ3n) is 4.72. The second-order valence-corrected chi connectivity index (χ2v) is 7.82. The van der Waals surface area contributed by atoms with Crippen molar-refractivity contribution in [1.29, 1.82) is 0 Å². The van der Waals surface area contributed by atoms with E-state index in [1.165, 1.54) is 0 Å². The fraction of sp³-hybridized carbons (Fsp3) is 0.913. The smallest absolute Gasteiger partial charge is 0.246 e. The number of nitrogens with one attached hydrogen (secondary N) is 2. The Hall–Kier alpha value is -1.33. The van der Waals surface area contributed by atoms with Crippen LogP contribution in [0.4, 0.5) is 4.39 Å². The van der Waals surface area contributed by atoms with Crippen LogP contribution in [0.25, 0.3) is 0 Å². The molecule has 9 nitrogen and oxygen atoms in total. The first-order valence-corrected chi connectivity index (χ1v) is 12.0. The lowest BCUT2D eigenvalue weighted by Gasteiger charge is -2.14. The number of hydrogen-bond donors (Lipinski definition) is 2. The zero-order valence-corrected chi connectivity index (χ0v) is 20.9. The molecule has 10 heteroatoms. The van der Waals surface area contributed by atoms with Gasteiger partial charge in [0.1, 0.15) is 12.8 Å². The van der Waals surface area contributed by atoms with Gasteiger partial charge < -0.3 is 34.3 Å². The highest BCUT2D eigenvalue weighted by Gasteiger charge is 2.14. The molecule has 0 aliphatic carbocycles. The minimum atomic E-state index is -1.24. The molecule has 0 aromatic heterocycles. The topological polar surface area (TPSA) is 104 Å². The first-order chi connectivity index (χ1) is 15.9. The van der Waals surface area contributed by atoms with E-state index >= 15 is 0 Å². The number of ether oxygens (including phenoxy) is 5. The highest BCUT2D eigenvalue weighted by Crippen LogP contribution is 2.04. The fourth-order valence-corrected chi connectivity index (χ4v) is 2.53. The molecule has 0 bridgehead atoms. The van der Waals surface area contributed by atoms with Crippen molar-refractivity contribution in [1.82, 2.24) is 10.6 Å². The van der Waals surface area contributed by atoms with E-state index < -0.39 is 6.17 Å². The Kier molecular flexibility index (Phi) is 21.6. The first kappa shape index (κ1) is 31.7. The predicted molar refractivity (Wildman–Crippen MR) is 124 cm³/mol. The van der Waals surface area contributed by atoms with Gasteiger partial charge >= 0.3 is 0 Å². The molecule has 0 spiro atoms. The molecule has 33 heavy (non-hydrogen) atoms. The largest absolute Gasteiger partial charge is 0.377 e. The summed E-state index contributed by atoms with van der Waals surface area (Å²) in [6.45, 7) is 10.8. The van der Waals surface area contributed by atoms with Gasteiger partial charge in [0.2, 0.25) is 11.8 Å². The van der Waals surface area contributed by atoms with Crippen LogP contribution in [0.1, 0.15) is 47.0 Å². The molecule has 0 aromatic carbocycles. The van der Waals surface area contributed by atoms with E-state index in [9.17, 15) is 14.0 Å². The Morgan fingerprint density at radius 1 is 0.848 bits per heavy atom. The molecule has 0 heterocycles. The molecule has 0 aliphatic heterocycles. The fourth-order valence-electron chi connectivity index (χ4n) is 2.53. The number of carbonyl (C=O) groups is 2. The maximum Gasteiger partial charge on any atom is 0.246 e. The standard InChI is InChI=1S/C23H45FN2O7/c1-5-7-19(3)23(28)26-16-21(24)17-32-15-14-31-13-12-30-11-10-29-9-8-25-22(27)18-33-20(4)6-2/h19-21H,5-18H2,1-4H3,(H,25,27)(H,26,28). The minimum Gasteiger partial charge on any atom is -0.377 e. The Labute approximate surface area is 198 Å². The summed E-state index contributed by atoms with van der Waals surface area (Å²) < 4.78 is 40.4. The summed E-state index contributed by atoms with van der Waals surface area (Å²) in [6, 6.07) is 0. The number of alkyl halides is 1. The molecule has 0 aromatic rings. The average molecular weight is 481 g/mol. The Morgan fingerprint density at radius 3 is 2.00 bits per heavy atom. The molecule has 2 N–H and O–H groups in total. The van der Waals surface area contributed by atoms with E-state index in [2.05, 4.69) is 10.6 Å². The van der Waals surface area contributed by atoms with Crippen molar-refractivity contribution in [2.75, 3.05) is 72.6 Å². The van der Waals surface area contributed by atoms with E-state index in [1.807, 2.05) is 27.7 Å². The molecule has 0 aliphatic rings. The van der Waals surface area contributed by atoms with Crippen LogP contribution in [-0.2, 0) is 33.3 Å². The predicted octanol–water partition coefficient (Wildman–Crippen LogP) is 1.87. The quantitative estimate of drug-likeness (QED) is 0.215. The van der Waals surface area contributed by atoms with Crippen LogP contribution in [0, 0.1) is 5.92 Å². The average Bonchev–Trinajstić information content (AvgIpc) is 2.81. The van der Waals surface area contributed by atoms with E-state index in [4.69, 9.17) is 23.7 Å². The zero-order chi connectivity index (χ0) is 24.7. The molecule has 0 saturated heterocycles. The second kappa shape index (κ2) is 22.5. The van der Waals surface area contributed by atoms with E-state index in [0.29, 0.717) is 46.2 Å². The monoisotopic (exact) mass is 480 g/mol. The normalized spacial score (nSPS) is 14.0. The Bertz CT molecular complexity index is 486. The molecule has 2 amide bonds. The summed E-state index contributed by atoms with van der Waals surface area (Å²) in [5.74, 6) is -0.373. The van der Waals surface area contributed by atoms with Gasteiger partial charge in [-0.1, -0.05) is 27.2 Å². The summed E-state index contributed by atoms with van der Waals surface area (Å²) in [7, 11) is 0. The highest BCUT2D eigenvalue weighted by molar-refractivity contribution is 5.78. The number of hydrogen-bond acceptors (Lipinski definition) is 7. The molecule has 0 saturated carbocycles.